The number of aromatic amines is 1. The number of aryl methyl sites for hydroxylation is 1. The van der Waals surface area contributed by atoms with E-state index in [0.29, 0.717) is 6.04 Å². The molecule has 2 N–H and O–H groups in total. The van der Waals surface area contributed by atoms with Crippen LogP contribution in [0, 0.1) is 16.6 Å². The second-order valence-corrected chi connectivity index (χ2v) is 7.60. The van der Waals surface area contributed by atoms with Gasteiger partial charge in [0, 0.05) is 18.0 Å². The molecule has 0 spiro atoms. The molecule has 2 heterocycles. The fraction of sp³-hybridized carbons (Fsp3) is 0.500. The maximum Gasteiger partial charge on any atom is 0.178 e. The number of rotatable bonds is 3. The Labute approximate surface area is 145 Å². The van der Waals surface area contributed by atoms with Crippen LogP contribution in [0.4, 0.5) is 5.82 Å². The summed E-state index contributed by atoms with van der Waals surface area (Å²) in [7, 11) is 0. The molecule has 0 radical (unpaired) electrons. The van der Waals surface area contributed by atoms with Crippen molar-refractivity contribution in [3.63, 3.8) is 0 Å². The van der Waals surface area contributed by atoms with E-state index < -0.39 is 0 Å². The lowest BCUT2D eigenvalue weighted by atomic mass is 9.95. The molecule has 3 atom stereocenters. The molecule has 0 amide bonds. The second kappa shape index (κ2) is 5.28. The number of aromatic nitrogens is 4. The lowest BCUT2D eigenvalue weighted by Gasteiger charge is -2.23. The summed E-state index contributed by atoms with van der Waals surface area (Å²) in [5.74, 6) is 2.70. The molecule has 5 rings (SSSR count). The largest absolute Gasteiger partial charge is 0.366 e. The van der Waals surface area contributed by atoms with Gasteiger partial charge in [0.05, 0.1) is 16.6 Å². The van der Waals surface area contributed by atoms with E-state index in [1.165, 1.54) is 25.7 Å². The zero-order valence-corrected chi connectivity index (χ0v) is 14.6. The number of anilines is 1. The summed E-state index contributed by atoms with van der Waals surface area (Å²) in [6.07, 6.45) is 7.11. The van der Waals surface area contributed by atoms with Crippen LogP contribution in [0.3, 0.4) is 0 Å². The molecule has 3 unspecified atom stereocenters. The molecule has 2 fully saturated rings. The topological polar surface area (TPSA) is 58.5 Å². The lowest BCUT2D eigenvalue weighted by molar-refractivity contribution is 0.439. The van der Waals surface area contributed by atoms with E-state index in [9.17, 15) is 0 Å². The number of fused-ring (bicyclic) bond motifs is 4. The molecule has 5 nitrogen and oxygen atoms in total. The average Bonchev–Trinajstić information content (AvgIpc) is 3.26. The van der Waals surface area contributed by atoms with Crippen molar-refractivity contribution < 1.29 is 0 Å². The summed E-state index contributed by atoms with van der Waals surface area (Å²) in [5.41, 5.74) is 3.14. The van der Waals surface area contributed by atoms with Gasteiger partial charge in [0.15, 0.2) is 4.77 Å². The number of hydrogen-bond donors (Lipinski definition) is 2. The van der Waals surface area contributed by atoms with E-state index in [1.54, 1.807) is 6.33 Å². The van der Waals surface area contributed by atoms with Crippen molar-refractivity contribution in [3.8, 4) is 0 Å². The van der Waals surface area contributed by atoms with Crippen LogP contribution in [-0.2, 0) is 6.54 Å². The van der Waals surface area contributed by atoms with Crippen molar-refractivity contribution >= 4 is 40.0 Å². The zero-order chi connectivity index (χ0) is 16.3. The first-order valence-corrected chi connectivity index (χ1v) is 9.27. The third kappa shape index (κ3) is 2.09. The van der Waals surface area contributed by atoms with Crippen molar-refractivity contribution in [2.45, 2.75) is 45.2 Å². The molecule has 1 aromatic carbocycles. The molecular formula is C18H21N5S. The highest BCUT2D eigenvalue weighted by Gasteiger charge is 2.39. The Hall–Kier alpha value is -1.95. The number of nitrogens with zero attached hydrogens (tertiary/aromatic N) is 3. The van der Waals surface area contributed by atoms with Crippen LogP contribution in [-0.4, -0.2) is 25.6 Å². The zero-order valence-electron chi connectivity index (χ0n) is 13.7. The number of imidazole rings is 1. The summed E-state index contributed by atoms with van der Waals surface area (Å²) in [4.78, 5) is 12.3. The third-order valence-corrected chi connectivity index (χ3v) is 6.23. The maximum atomic E-state index is 5.43. The monoisotopic (exact) mass is 339 g/mol. The molecule has 124 valence electrons. The van der Waals surface area contributed by atoms with Crippen LogP contribution >= 0.6 is 12.2 Å². The molecule has 2 aromatic heterocycles. The highest BCUT2D eigenvalue weighted by molar-refractivity contribution is 7.71. The standard InChI is InChI=1S/C18H21N5S/c1-2-23-16-8-14-12(7-15(16)22-18(23)24)17(20-9-19-14)21-13-6-10-3-4-11(13)5-10/h7-11,13H,2-6H2,1H3,(H,22,24)(H,19,20,21). The Bertz CT molecular complexity index is 988. The Morgan fingerprint density at radius 2 is 2.21 bits per heavy atom. The normalized spacial score (nSPS) is 25.8. The minimum Gasteiger partial charge on any atom is -0.366 e. The van der Waals surface area contributed by atoms with Gasteiger partial charge in [-0.1, -0.05) is 6.42 Å². The van der Waals surface area contributed by atoms with Gasteiger partial charge in [-0.25, -0.2) is 9.97 Å². The van der Waals surface area contributed by atoms with Crippen LogP contribution in [0.1, 0.15) is 32.6 Å². The summed E-state index contributed by atoms with van der Waals surface area (Å²) in [5, 5.41) is 4.79. The van der Waals surface area contributed by atoms with Gasteiger partial charge in [-0.3, -0.25) is 0 Å². The van der Waals surface area contributed by atoms with Crippen molar-refractivity contribution in [2.24, 2.45) is 11.8 Å². The summed E-state index contributed by atoms with van der Waals surface area (Å²) >= 11 is 5.43. The molecule has 24 heavy (non-hydrogen) atoms. The SMILES string of the molecule is CCn1c(=S)[nH]c2cc3c(NC4CC5CCC4C5)ncnc3cc21. The van der Waals surface area contributed by atoms with Gasteiger partial charge >= 0.3 is 0 Å². The van der Waals surface area contributed by atoms with Crippen molar-refractivity contribution in [1.29, 1.82) is 0 Å². The molecule has 2 aliphatic carbocycles. The fourth-order valence-corrected chi connectivity index (χ4v) is 5.07. The number of benzene rings is 1. The van der Waals surface area contributed by atoms with Gasteiger partial charge in [0.1, 0.15) is 12.1 Å². The van der Waals surface area contributed by atoms with Gasteiger partial charge in [-0.05, 0) is 62.4 Å². The lowest BCUT2D eigenvalue weighted by Crippen LogP contribution is -2.26. The number of nitrogens with one attached hydrogen (secondary N) is 2. The second-order valence-electron chi connectivity index (χ2n) is 7.21. The van der Waals surface area contributed by atoms with Gasteiger partial charge in [-0.2, -0.15) is 0 Å². The molecule has 2 bridgehead atoms. The Morgan fingerprint density at radius 3 is 2.96 bits per heavy atom. The van der Waals surface area contributed by atoms with Crippen LogP contribution in [0.25, 0.3) is 21.9 Å². The molecule has 0 saturated heterocycles. The highest BCUT2D eigenvalue weighted by atomic mass is 32.1. The third-order valence-electron chi connectivity index (χ3n) is 5.91. The first-order chi connectivity index (χ1) is 11.7. The van der Waals surface area contributed by atoms with Crippen molar-refractivity contribution in [3.05, 3.63) is 23.2 Å². The quantitative estimate of drug-likeness (QED) is 0.700. The minimum atomic E-state index is 0.566. The van der Waals surface area contributed by atoms with Crippen molar-refractivity contribution in [1.82, 2.24) is 19.5 Å². The van der Waals surface area contributed by atoms with Crippen LogP contribution in [0.5, 0.6) is 0 Å². The number of H-pyrrole nitrogens is 1. The van der Waals surface area contributed by atoms with Crippen LogP contribution < -0.4 is 5.32 Å². The Kier molecular flexibility index (Phi) is 3.16. The molecule has 2 saturated carbocycles. The fourth-order valence-electron chi connectivity index (χ4n) is 4.73. The summed E-state index contributed by atoms with van der Waals surface area (Å²) < 4.78 is 2.87. The maximum absolute atomic E-state index is 5.43. The molecule has 2 aliphatic rings. The predicted molar refractivity (Wildman–Crippen MR) is 98.8 cm³/mol. The van der Waals surface area contributed by atoms with Gasteiger partial charge in [0.2, 0.25) is 0 Å². The predicted octanol–water partition coefficient (Wildman–Crippen LogP) is 4.26. The minimum absolute atomic E-state index is 0.566. The van der Waals surface area contributed by atoms with E-state index in [2.05, 4.69) is 43.9 Å². The van der Waals surface area contributed by atoms with E-state index in [4.69, 9.17) is 12.2 Å². The average molecular weight is 339 g/mol. The first kappa shape index (κ1) is 14.4. The summed E-state index contributed by atoms with van der Waals surface area (Å²) in [6.45, 7) is 2.96. The van der Waals surface area contributed by atoms with Gasteiger partial charge in [0.25, 0.3) is 0 Å². The van der Waals surface area contributed by atoms with Crippen LogP contribution in [0.2, 0.25) is 0 Å². The van der Waals surface area contributed by atoms with Crippen LogP contribution in [0.15, 0.2) is 18.5 Å². The molecular weight excluding hydrogens is 318 g/mol. The Balaban J connectivity index is 1.61. The van der Waals surface area contributed by atoms with Crippen molar-refractivity contribution in [2.75, 3.05) is 5.32 Å². The van der Waals surface area contributed by atoms with E-state index in [-0.39, 0.29) is 0 Å². The highest BCUT2D eigenvalue weighted by Crippen LogP contribution is 2.45. The summed E-state index contributed by atoms with van der Waals surface area (Å²) in [6, 6.07) is 4.83. The first-order valence-electron chi connectivity index (χ1n) is 8.86. The molecule has 6 heteroatoms. The smallest absolute Gasteiger partial charge is 0.178 e. The van der Waals surface area contributed by atoms with E-state index in [0.717, 1.165) is 50.9 Å². The van der Waals surface area contributed by atoms with Gasteiger partial charge < -0.3 is 14.9 Å². The van der Waals surface area contributed by atoms with Gasteiger partial charge in [-0.15, -0.1) is 0 Å². The molecule has 3 aromatic rings. The molecule has 0 aliphatic heterocycles. The van der Waals surface area contributed by atoms with E-state index in [1.807, 2.05) is 0 Å². The number of hydrogen-bond acceptors (Lipinski definition) is 4. The Morgan fingerprint density at radius 1 is 1.29 bits per heavy atom. The van der Waals surface area contributed by atoms with E-state index >= 15 is 0 Å².